The smallest absolute Gasteiger partial charge is 0.380 e. The second-order valence-electron chi connectivity index (χ2n) is 6.12. The lowest BCUT2D eigenvalue weighted by Crippen LogP contribution is -2.51. The number of amides is 2. The van der Waals surface area contributed by atoms with Gasteiger partial charge < -0.3 is 5.11 Å². The number of aliphatic hydroxyl groups is 1. The molecule has 1 aromatic rings. The van der Waals surface area contributed by atoms with Gasteiger partial charge in [0, 0.05) is 7.05 Å². The number of nitrogens with one attached hydrogen (secondary N) is 2. The van der Waals surface area contributed by atoms with Gasteiger partial charge in [-0.2, -0.15) is 17.5 Å². The highest BCUT2D eigenvalue weighted by atomic mass is 32.2. The van der Waals surface area contributed by atoms with Gasteiger partial charge in [-0.05, 0) is 26.0 Å². The third-order valence-electron chi connectivity index (χ3n) is 3.55. The maximum Gasteiger partial charge on any atom is 0.417 e. The van der Waals surface area contributed by atoms with Crippen molar-refractivity contribution >= 4 is 21.8 Å². The third-order valence-corrected chi connectivity index (χ3v) is 5.37. The molecule has 0 unspecified atom stereocenters. The van der Waals surface area contributed by atoms with Gasteiger partial charge in [-0.1, -0.05) is 17.7 Å². The number of likely N-dealkylation sites (N-methyl/N-ethyl adjacent to an activating group) is 1. The minimum absolute atomic E-state index is 0.0475. The standard InChI is InChI=1S/C15H20F3N3O5S/c1-10-4-6-11(7-5-10)27(25,26)21(3)9-13(23)20-19-12(22)8-14(2,24)15(16,17)18/h4-7,24H,8-9H2,1-3H3,(H,19,22)(H,20,23)/t14-/m1/s1. The van der Waals surface area contributed by atoms with Crippen molar-refractivity contribution in [3.05, 3.63) is 29.8 Å². The van der Waals surface area contributed by atoms with E-state index in [4.69, 9.17) is 0 Å². The van der Waals surface area contributed by atoms with Crippen LogP contribution in [-0.4, -0.2) is 55.0 Å². The first-order valence-electron chi connectivity index (χ1n) is 7.56. The van der Waals surface area contributed by atoms with Crippen LogP contribution in [0.15, 0.2) is 29.2 Å². The van der Waals surface area contributed by atoms with Gasteiger partial charge in [0.15, 0.2) is 5.60 Å². The topological polar surface area (TPSA) is 116 Å². The molecule has 0 aliphatic rings. The Hall–Kier alpha value is -2.18. The van der Waals surface area contributed by atoms with Gasteiger partial charge in [0.05, 0.1) is 17.9 Å². The molecule has 0 fully saturated rings. The van der Waals surface area contributed by atoms with Gasteiger partial charge in [-0.15, -0.1) is 0 Å². The highest BCUT2D eigenvalue weighted by molar-refractivity contribution is 7.89. The summed E-state index contributed by atoms with van der Waals surface area (Å²) >= 11 is 0. The number of hydrogen-bond acceptors (Lipinski definition) is 5. The molecular formula is C15H20F3N3O5S. The second-order valence-corrected chi connectivity index (χ2v) is 8.16. The van der Waals surface area contributed by atoms with Gasteiger partial charge >= 0.3 is 6.18 Å². The summed E-state index contributed by atoms with van der Waals surface area (Å²) in [5.41, 5.74) is 1.06. The van der Waals surface area contributed by atoms with Crippen LogP contribution < -0.4 is 10.9 Å². The number of hydrogen-bond donors (Lipinski definition) is 3. The Morgan fingerprint density at radius 3 is 2.07 bits per heavy atom. The molecule has 0 aromatic heterocycles. The zero-order valence-corrected chi connectivity index (χ0v) is 15.6. The number of nitrogens with zero attached hydrogens (tertiary/aromatic N) is 1. The Balaban J connectivity index is 2.61. The number of halogens is 3. The number of aryl methyl sites for hydroxylation is 1. The summed E-state index contributed by atoms with van der Waals surface area (Å²) in [6.07, 6.45) is -6.37. The lowest BCUT2D eigenvalue weighted by Gasteiger charge is -2.25. The van der Waals surface area contributed by atoms with Crippen molar-refractivity contribution in [3.63, 3.8) is 0 Å². The average molecular weight is 411 g/mol. The molecule has 8 nitrogen and oxygen atoms in total. The fourth-order valence-corrected chi connectivity index (χ4v) is 2.94. The van der Waals surface area contributed by atoms with E-state index < -0.39 is 46.6 Å². The average Bonchev–Trinajstić information content (AvgIpc) is 2.51. The van der Waals surface area contributed by atoms with Crippen molar-refractivity contribution in [3.8, 4) is 0 Å². The molecular weight excluding hydrogens is 391 g/mol. The molecule has 0 radical (unpaired) electrons. The molecule has 0 aliphatic carbocycles. The van der Waals surface area contributed by atoms with E-state index in [2.05, 4.69) is 0 Å². The summed E-state index contributed by atoms with van der Waals surface area (Å²) in [6, 6.07) is 5.88. The first-order valence-corrected chi connectivity index (χ1v) is 9.00. The lowest BCUT2D eigenvalue weighted by atomic mass is 10.0. The largest absolute Gasteiger partial charge is 0.417 e. The van der Waals surface area contributed by atoms with Crippen LogP contribution in [0.25, 0.3) is 0 Å². The molecule has 3 N–H and O–H groups in total. The molecule has 152 valence electrons. The first kappa shape index (κ1) is 22.9. The summed E-state index contributed by atoms with van der Waals surface area (Å²) in [6.45, 7) is 1.49. The molecule has 0 spiro atoms. The fraction of sp³-hybridized carbons (Fsp3) is 0.467. The highest BCUT2D eigenvalue weighted by Gasteiger charge is 2.51. The van der Waals surface area contributed by atoms with Crippen LogP contribution in [0.2, 0.25) is 0 Å². The number of sulfonamides is 1. The van der Waals surface area contributed by atoms with E-state index >= 15 is 0 Å². The van der Waals surface area contributed by atoms with Gasteiger partial charge in [-0.25, -0.2) is 8.42 Å². The third kappa shape index (κ3) is 6.19. The maximum atomic E-state index is 12.5. The van der Waals surface area contributed by atoms with Crippen LogP contribution in [-0.2, 0) is 19.6 Å². The Morgan fingerprint density at radius 1 is 1.11 bits per heavy atom. The summed E-state index contributed by atoms with van der Waals surface area (Å²) in [5, 5.41) is 9.20. The van der Waals surface area contributed by atoms with Gasteiger partial charge in [-0.3, -0.25) is 20.4 Å². The van der Waals surface area contributed by atoms with Crippen LogP contribution in [0.1, 0.15) is 18.9 Å². The first-order chi connectivity index (χ1) is 12.2. The lowest BCUT2D eigenvalue weighted by molar-refractivity contribution is -0.253. The molecule has 12 heteroatoms. The summed E-state index contributed by atoms with van der Waals surface area (Å²) in [7, 11) is -2.84. The molecule has 0 saturated heterocycles. The quantitative estimate of drug-likeness (QED) is 0.589. The SMILES string of the molecule is Cc1ccc(S(=O)(=O)N(C)CC(=O)NNC(=O)C[C@@](C)(O)C(F)(F)F)cc1. The molecule has 2 amide bonds. The van der Waals surface area contributed by atoms with E-state index in [-0.39, 0.29) is 4.90 Å². The molecule has 0 aliphatic heterocycles. The molecule has 0 bridgehead atoms. The van der Waals surface area contributed by atoms with E-state index in [1.165, 1.54) is 12.1 Å². The Bertz CT molecular complexity index is 792. The summed E-state index contributed by atoms with van der Waals surface area (Å²) in [4.78, 5) is 23.1. The number of rotatable bonds is 6. The number of hydrazine groups is 1. The van der Waals surface area contributed by atoms with Crippen LogP contribution in [0.3, 0.4) is 0 Å². The molecule has 0 saturated carbocycles. The molecule has 1 rings (SSSR count). The molecule has 1 atom stereocenters. The number of benzene rings is 1. The van der Waals surface area contributed by atoms with Crippen molar-refractivity contribution in [1.82, 2.24) is 15.2 Å². The number of carbonyl (C=O) groups is 2. The highest BCUT2D eigenvalue weighted by Crippen LogP contribution is 2.32. The van der Waals surface area contributed by atoms with E-state index in [1.54, 1.807) is 29.9 Å². The Kier molecular flexibility index (Phi) is 6.97. The van der Waals surface area contributed by atoms with E-state index in [9.17, 15) is 36.3 Å². The molecule has 1 aromatic carbocycles. The molecule has 27 heavy (non-hydrogen) atoms. The van der Waals surface area contributed by atoms with Crippen LogP contribution in [0, 0.1) is 6.92 Å². The zero-order valence-electron chi connectivity index (χ0n) is 14.8. The predicted octanol–water partition coefficient (Wildman–Crippen LogP) is 0.466. The van der Waals surface area contributed by atoms with Gasteiger partial charge in [0.1, 0.15) is 0 Å². The van der Waals surface area contributed by atoms with E-state index in [0.717, 1.165) is 12.6 Å². The monoisotopic (exact) mass is 411 g/mol. The summed E-state index contributed by atoms with van der Waals surface area (Å²) < 4.78 is 62.8. The van der Waals surface area contributed by atoms with Crippen LogP contribution >= 0.6 is 0 Å². The minimum atomic E-state index is -5.03. The van der Waals surface area contributed by atoms with Crippen molar-refractivity contribution in [2.45, 2.75) is 36.9 Å². The van der Waals surface area contributed by atoms with Crippen LogP contribution in [0.5, 0.6) is 0 Å². The van der Waals surface area contributed by atoms with Crippen molar-refractivity contribution in [1.29, 1.82) is 0 Å². The van der Waals surface area contributed by atoms with Crippen molar-refractivity contribution < 1.29 is 36.3 Å². The van der Waals surface area contributed by atoms with E-state index in [1.807, 2.05) is 0 Å². The maximum absolute atomic E-state index is 12.5. The zero-order chi connectivity index (χ0) is 21.0. The summed E-state index contributed by atoms with van der Waals surface area (Å²) in [5.74, 6) is -2.28. The number of alkyl halides is 3. The van der Waals surface area contributed by atoms with E-state index in [0.29, 0.717) is 11.2 Å². The van der Waals surface area contributed by atoms with Gasteiger partial charge in [0.25, 0.3) is 5.91 Å². The van der Waals surface area contributed by atoms with Gasteiger partial charge in [0.2, 0.25) is 15.9 Å². The minimum Gasteiger partial charge on any atom is -0.380 e. The fourth-order valence-electron chi connectivity index (χ4n) is 1.81. The predicted molar refractivity (Wildman–Crippen MR) is 88.6 cm³/mol. The Labute approximate surface area is 154 Å². The van der Waals surface area contributed by atoms with Crippen LogP contribution in [0.4, 0.5) is 13.2 Å². The Morgan fingerprint density at radius 2 is 1.59 bits per heavy atom. The normalized spacial score (nSPS) is 14.5. The molecule has 0 heterocycles. The number of carbonyl (C=O) groups excluding carboxylic acids is 2. The van der Waals surface area contributed by atoms with Crippen molar-refractivity contribution in [2.75, 3.05) is 13.6 Å². The second kappa shape index (κ2) is 8.23. The van der Waals surface area contributed by atoms with Crippen molar-refractivity contribution in [2.24, 2.45) is 0 Å².